The number of aromatic nitrogens is 1. The molecule has 1 aromatic heterocycles. The van der Waals surface area contributed by atoms with Gasteiger partial charge in [-0.05, 0) is 25.0 Å². The van der Waals surface area contributed by atoms with E-state index in [1.54, 1.807) is 0 Å². The molecule has 0 bridgehead atoms. The predicted molar refractivity (Wildman–Crippen MR) is 82.5 cm³/mol. The molecule has 1 atom stereocenters. The lowest BCUT2D eigenvalue weighted by Gasteiger charge is -2.26. The van der Waals surface area contributed by atoms with Crippen LogP contribution in [0.2, 0.25) is 0 Å². The molecule has 0 spiro atoms. The van der Waals surface area contributed by atoms with Gasteiger partial charge in [0, 0.05) is 4.88 Å². The lowest BCUT2D eigenvalue weighted by molar-refractivity contribution is -0.121. The fraction of sp³-hybridized carbons (Fsp3) is 0.333. The monoisotopic (exact) mass is 303 g/mol. The molecule has 6 heteroatoms. The summed E-state index contributed by atoms with van der Waals surface area (Å²) in [5.74, 6) is 0.892. The Labute approximate surface area is 127 Å². The minimum absolute atomic E-state index is 0.0120. The molecular formula is C15H17N3O2S. The van der Waals surface area contributed by atoms with Gasteiger partial charge in [0.15, 0.2) is 5.13 Å². The average molecular weight is 303 g/mol. The molecular weight excluding hydrogens is 286 g/mol. The normalized spacial score (nSPS) is 16.9. The second-order valence-corrected chi connectivity index (χ2v) is 6.24. The molecule has 2 aromatic rings. The number of rotatable bonds is 3. The van der Waals surface area contributed by atoms with E-state index in [-0.39, 0.29) is 11.9 Å². The van der Waals surface area contributed by atoms with Crippen LogP contribution in [0, 0.1) is 6.92 Å². The van der Waals surface area contributed by atoms with Crippen molar-refractivity contribution in [2.24, 2.45) is 0 Å². The summed E-state index contributed by atoms with van der Waals surface area (Å²) in [5.41, 5.74) is 7.61. The number of nitrogens with two attached hydrogens (primary N) is 1. The van der Waals surface area contributed by atoms with Gasteiger partial charge in [0.2, 0.25) is 5.91 Å². The fourth-order valence-corrected chi connectivity index (χ4v) is 3.29. The third kappa shape index (κ3) is 3.16. The molecule has 3 rings (SSSR count). The highest BCUT2D eigenvalue weighted by molar-refractivity contribution is 7.15. The summed E-state index contributed by atoms with van der Waals surface area (Å²) in [6, 6.07) is 7.93. The summed E-state index contributed by atoms with van der Waals surface area (Å²) in [6.45, 7) is 2.38. The van der Waals surface area contributed by atoms with Crippen LogP contribution in [0.5, 0.6) is 5.75 Å². The second-order valence-electron chi connectivity index (χ2n) is 5.12. The number of amides is 1. The maximum Gasteiger partial charge on any atom is 0.225 e. The Hall–Kier alpha value is -2.08. The van der Waals surface area contributed by atoms with Crippen molar-refractivity contribution in [1.29, 1.82) is 0 Å². The molecule has 1 amide bonds. The van der Waals surface area contributed by atoms with Crippen molar-refractivity contribution >= 4 is 22.4 Å². The first-order valence-electron chi connectivity index (χ1n) is 6.83. The highest BCUT2D eigenvalue weighted by Gasteiger charge is 2.21. The van der Waals surface area contributed by atoms with Crippen LogP contribution >= 0.6 is 11.3 Å². The summed E-state index contributed by atoms with van der Waals surface area (Å²) in [7, 11) is 0. The van der Waals surface area contributed by atoms with Gasteiger partial charge < -0.3 is 15.8 Å². The molecule has 0 saturated heterocycles. The van der Waals surface area contributed by atoms with E-state index >= 15 is 0 Å². The molecule has 3 N–H and O–H groups in total. The SMILES string of the molecule is Cc1nc(N)sc1CC(=O)NC1COc2ccccc2C1. The van der Waals surface area contributed by atoms with Crippen LogP contribution in [0.15, 0.2) is 24.3 Å². The van der Waals surface area contributed by atoms with Gasteiger partial charge in [-0.2, -0.15) is 0 Å². The highest BCUT2D eigenvalue weighted by atomic mass is 32.1. The molecule has 1 unspecified atom stereocenters. The molecule has 110 valence electrons. The quantitative estimate of drug-likeness (QED) is 0.904. The molecule has 1 aliphatic rings. The molecule has 2 heterocycles. The zero-order chi connectivity index (χ0) is 14.8. The van der Waals surface area contributed by atoms with Gasteiger partial charge in [0.05, 0.1) is 18.2 Å². The summed E-state index contributed by atoms with van der Waals surface area (Å²) in [4.78, 5) is 17.2. The lowest BCUT2D eigenvalue weighted by atomic mass is 10.0. The average Bonchev–Trinajstić information content (AvgIpc) is 2.76. The highest BCUT2D eigenvalue weighted by Crippen LogP contribution is 2.24. The summed E-state index contributed by atoms with van der Waals surface area (Å²) < 4.78 is 5.67. The molecule has 0 aliphatic carbocycles. The number of nitrogens with one attached hydrogen (secondary N) is 1. The van der Waals surface area contributed by atoms with Crippen molar-refractivity contribution in [2.45, 2.75) is 25.8 Å². The third-order valence-corrected chi connectivity index (χ3v) is 4.46. The van der Waals surface area contributed by atoms with Gasteiger partial charge >= 0.3 is 0 Å². The molecule has 1 aromatic carbocycles. The number of carbonyl (C=O) groups excluding carboxylic acids is 1. The minimum Gasteiger partial charge on any atom is -0.491 e. The molecule has 21 heavy (non-hydrogen) atoms. The van der Waals surface area contributed by atoms with Crippen LogP contribution in [0.1, 0.15) is 16.1 Å². The molecule has 1 aliphatic heterocycles. The van der Waals surface area contributed by atoms with Gasteiger partial charge in [0.25, 0.3) is 0 Å². The number of para-hydroxylation sites is 1. The van der Waals surface area contributed by atoms with E-state index in [1.807, 2.05) is 31.2 Å². The number of carbonyl (C=O) groups is 1. The number of ether oxygens (including phenoxy) is 1. The van der Waals surface area contributed by atoms with Gasteiger partial charge in [-0.25, -0.2) is 4.98 Å². The second kappa shape index (κ2) is 5.73. The smallest absolute Gasteiger partial charge is 0.225 e. The Balaban J connectivity index is 1.60. The van der Waals surface area contributed by atoms with E-state index in [0.717, 1.165) is 28.3 Å². The minimum atomic E-state index is -0.0188. The van der Waals surface area contributed by atoms with E-state index in [0.29, 0.717) is 18.2 Å². The molecule has 0 radical (unpaired) electrons. The van der Waals surface area contributed by atoms with Crippen LogP contribution in [-0.2, 0) is 17.6 Å². The summed E-state index contributed by atoms with van der Waals surface area (Å²) in [5, 5.41) is 3.52. The number of hydrogen-bond acceptors (Lipinski definition) is 5. The first-order chi connectivity index (χ1) is 10.1. The van der Waals surface area contributed by atoms with Crippen LogP contribution in [0.3, 0.4) is 0 Å². The molecule has 0 saturated carbocycles. The predicted octanol–water partition coefficient (Wildman–Crippen LogP) is 1.70. The maximum absolute atomic E-state index is 12.1. The van der Waals surface area contributed by atoms with Crippen molar-refractivity contribution in [3.8, 4) is 5.75 Å². The van der Waals surface area contributed by atoms with Crippen molar-refractivity contribution in [2.75, 3.05) is 12.3 Å². The third-order valence-electron chi connectivity index (χ3n) is 3.47. The summed E-state index contributed by atoms with van der Waals surface area (Å²) >= 11 is 1.37. The van der Waals surface area contributed by atoms with Crippen LogP contribution < -0.4 is 15.8 Å². The zero-order valence-electron chi connectivity index (χ0n) is 11.8. The van der Waals surface area contributed by atoms with E-state index in [4.69, 9.17) is 10.5 Å². The first-order valence-corrected chi connectivity index (χ1v) is 7.65. The number of benzene rings is 1. The van der Waals surface area contributed by atoms with Crippen LogP contribution in [0.25, 0.3) is 0 Å². The van der Waals surface area contributed by atoms with Crippen LogP contribution in [0.4, 0.5) is 5.13 Å². The number of anilines is 1. The Bertz CT molecular complexity index is 669. The van der Waals surface area contributed by atoms with E-state index in [2.05, 4.69) is 10.3 Å². The number of aryl methyl sites for hydroxylation is 1. The van der Waals surface area contributed by atoms with Gasteiger partial charge in [-0.1, -0.05) is 18.2 Å². The van der Waals surface area contributed by atoms with Gasteiger partial charge in [0.1, 0.15) is 12.4 Å². The standard InChI is InChI=1S/C15H17N3O2S/c1-9-13(21-15(16)17-9)7-14(19)18-11-6-10-4-2-3-5-12(10)20-8-11/h2-5,11H,6-8H2,1H3,(H2,16,17)(H,18,19). The van der Waals surface area contributed by atoms with E-state index in [9.17, 15) is 4.79 Å². The Morgan fingerprint density at radius 3 is 3.10 bits per heavy atom. The summed E-state index contributed by atoms with van der Waals surface area (Å²) in [6.07, 6.45) is 1.12. The van der Waals surface area contributed by atoms with Crippen LogP contribution in [-0.4, -0.2) is 23.5 Å². The zero-order valence-corrected chi connectivity index (χ0v) is 12.6. The topological polar surface area (TPSA) is 77.2 Å². The number of nitrogens with zero attached hydrogens (tertiary/aromatic N) is 1. The molecule has 5 nitrogen and oxygen atoms in total. The lowest BCUT2D eigenvalue weighted by Crippen LogP contribution is -2.43. The fourth-order valence-electron chi connectivity index (χ4n) is 2.46. The number of nitrogen functional groups attached to an aromatic ring is 1. The number of thiazole rings is 1. The first kappa shape index (κ1) is 13.9. The Morgan fingerprint density at radius 2 is 2.33 bits per heavy atom. The Morgan fingerprint density at radius 1 is 1.52 bits per heavy atom. The van der Waals surface area contributed by atoms with Gasteiger partial charge in [-0.15, -0.1) is 11.3 Å². The largest absolute Gasteiger partial charge is 0.491 e. The van der Waals surface area contributed by atoms with Crippen molar-refractivity contribution in [1.82, 2.24) is 10.3 Å². The van der Waals surface area contributed by atoms with Crippen molar-refractivity contribution < 1.29 is 9.53 Å². The van der Waals surface area contributed by atoms with Crippen molar-refractivity contribution in [3.63, 3.8) is 0 Å². The van der Waals surface area contributed by atoms with E-state index in [1.165, 1.54) is 11.3 Å². The van der Waals surface area contributed by atoms with Crippen molar-refractivity contribution in [3.05, 3.63) is 40.4 Å². The Kier molecular flexibility index (Phi) is 3.79. The maximum atomic E-state index is 12.1. The number of fused-ring (bicyclic) bond motifs is 1. The van der Waals surface area contributed by atoms with Gasteiger partial charge in [-0.3, -0.25) is 4.79 Å². The molecule has 0 fully saturated rings. The van der Waals surface area contributed by atoms with E-state index < -0.39 is 0 Å². The number of hydrogen-bond donors (Lipinski definition) is 2.